The third-order valence-corrected chi connectivity index (χ3v) is 8.17. The Balaban J connectivity index is 1.69. The Hall–Kier alpha value is -4.81. The highest BCUT2D eigenvalue weighted by Gasteiger charge is 2.39. The lowest BCUT2D eigenvalue weighted by atomic mass is 9.97. The molecule has 0 aliphatic carbocycles. The number of benzene rings is 3. The molecule has 13 heteroatoms. The van der Waals surface area contributed by atoms with Crippen LogP contribution >= 0.6 is 11.6 Å². The van der Waals surface area contributed by atoms with Gasteiger partial charge in [0.2, 0.25) is 5.91 Å². The van der Waals surface area contributed by atoms with Gasteiger partial charge in [-0.1, -0.05) is 23.7 Å². The number of hydrogen-bond donors (Lipinski definition) is 1. The zero-order valence-electron chi connectivity index (χ0n) is 28.2. The number of rotatable bonds is 16. The number of Topliss-reactive ketones (excluding diaryl/α,β-unsaturated/α-hetero) is 1. The van der Waals surface area contributed by atoms with Crippen LogP contribution in [0.15, 0.2) is 54.6 Å². The normalized spacial score (nSPS) is 15.5. The van der Waals surface area contributed by atoms with Crippen molar-refractivity contribution in [1.82, 2.24) is 5.32 Å². The average molecular weight is 697 g/mol. The summed E-state index contributed by atoms with van der Waals surface area (Å²) in [6.45, 7) is 1.76. The third-order valence-electron chi connectivity index (χ3n) is 7.94. The molecule has 3 aromatic carbocycles. The molecule has 0 radical (unpaired) electrons. The number of para-hydroxylation sites is 1. The molecule has 0 fully saturated rings. The van der Waals surface area contributed by atoms with Crippen LogP contribution in [-0.2, 0) is 35.2 Å². The quantitative estimate of drug-likeness (QED) is 0.199. The Morgan fingerprint density at radius 3 is 2.37 bits per heavy atom. The Kier molecular flexibility index (Phi) is 13.3. The van der Waals surface area contributed by atoms with Gasteiger partial charge in [-0.2, -0.15) is 0 Å². The minimum absolute atomic E-state index is 0.0586. The molecular weight excluding hydrogens is 656 g/mol. The number of halogens is 1. The molecule has 0 saturated carbocycles. The van der Waals surface area contributed by atoms with Crippen molar-refractivity contribution in [1.29, 1.82) is 0 Å². The predicted molar refractivity (Wildman–Crippen MR) is 182 cm³/mol. The predicted octanol–water partition coefficient (Wildman–Crippen LogP) is 5.20. The van der Waals surface area contributed by atoms with Gasteiger partial charge in [0.25, 0.3) is 5.91 Å². The number of carbonyl (C=O) groups excluding carboxylic acids is 4. The largest absolute Gasteiger partial charge is 0.497 e. The lowest BCUT2D eigenvalue weighted by molar-refractivity contribution is -0.143. The lowest BCUT2D eigenvalue weighted by Crippen LogP contribution is -2.42. The van der Waals surface area contributed by atoms with Crippen molar-refractivity contribution in [3.63, 3.8) is 0 Å². The molecule has 0 bridgehead atoms. The number of methoxy groups -OCH3 is 4. The highest BCUT2D eigenvalue weighted by atomic mass is 35.5. The number of anilines is 1. The number of ether oxygens (including phenoxy) is 6. The number of fused-ring (bicyclic) bond motifs is 1. The molecule has 49 heavy (non-hydrogen) atoms. The first-order valence-corrected chi connectivity index (χ1v) is 16.1. The number of esters is 1. The molecule has 2 atom stereocenters. The number of nitrogens with one attached hydrogen (secondary N) is 1. The summed E-state index contributed by atoms with van der Waals surface area (Å²) in [5, 5.41) is 3.00. The summed E-state index contributed by atoms with van der Waals surface area (Å²) in [5.74, 6) is 0.183. The first-order chi connectivity index (χ1) is 23.6. The third kappa shape index (κ3) is 9.21. The second kappa shape index (κ2) is 17.5. The van der Waals surface area contributed by atoms with Gasteiger partial charge < -0.3 is 38.6 Å². The van der Waals surface area contributed by atoms with E-state index in [0.717, 1.165) is 0 Å². The van der Waals surface area contributed by atoms with Crippen molar-refractivity contribution in [3.05, 3.63) is 76.3 Å². The lowest BCUT2D eigenvalue weighted by Gasteiger charge is -2.26. The number of nitrogens with zero attached hydrogens (tertiary/aromatic N) is 1. The van der Waals surface area contributed by atoms with Crippen LogP contribution in [0.3, 0.4) is 0 Å². The molecule has 1 aliphatic rings. The van der Waals surface area contributed by atoms with Gasteiger partial charge in [-0.15, -0.1) is 0 Å². The van der Waals surface area contributed by atoms with Gasteiger partial charge in [-0.25, -0.2) is 0 Å². The average Bonchev–Trinajstić information content (AvgIpc) is 3.20. The van der Waals surface area contributed by atoms with Crippen LogP contribution in [0, 0.1) is 0 Å². The molecule has 4 rings (SSSR count). The molecule has 2 unspecified atom stereocenters. The molecule has 1 heterocycles. The van der Waals surface area contributed by atoms with Gasteiger partial charge >= 0.3 is 5.97 Å². The molecule has 0 spiro atoms. The van der Waals surface area contributed by atoms with Gasteiger partial charge in [0.15, 0.2) is 17.3 Å². The Morgan fingerprint density at radius 2 is 1.67 bits per heavy atom. The molecule has 12 nitrogen and oxygen atoms in total. The summed E-state index contributed by atoms with van der Waals surface area (Å²) in [6.07, 6.45) is -2.12. The maximum atomic E-state index is 14.5. The topological polar surface area (TPSA) is 139 Å². The fourth-order valence-electron chi connectivity index (χ4n) is 5.57. The maximum Gasteiger partial charge on any atom is 0.305 e. The zero-order chi connectivity index (χ0) is 35.5. The van der Waals surface area contributed by atoms with Crippen molar-refractivity contribution >= 4 is 40.9 Å². The maximum absolute atomic E-state index is 14.5. The van der Waals surface area contributed by atoms with Gasteiger partial charge in [0.1, 0.15) is 23.7 Å². The summed E-state index contributed by atoms with van der Waals surface area (Å²) in [5.41, 5.74) is 2.28. The molecular formula is C36H41ClN2O10. The summed E-state index contributed by atoms with van der Waals surface area (Å²) in [4.78, 5) is 53.3. The van der Waals surface area contributed by atoms with Crippen LogP contribution < -0.4 is 29.2 Å². The number of ketones is 1. The molecule has 0 saturated heterocycles. The van der Waals surface area contributed by atoms with E-state index in [-0.39, 0.29) is 44.3 Å². The van der Waals surface area contributed by atoms with E-state index >= 15 is 0 Å². The Labute approximate surface area is 290 Å². The summed E-state index contributed by atoms with van der Waals surface area (Å²) >= 11 is 6.53. The van der Waals surface area contributed by atoms with E-state index in [9.17, 15) is 19.2 Å². The van der Waals surface area contributed by atoms with Crippen LogP contribution in [0.4, 0.5) is 5.69 Å². The minimum atomic E-state index is -1.30. The molecule has 1 aliphatic heterocycles. The van der Waals surface area contributed by atoms with Crippen LogP contribution in [0.25, 0.3) is 0 Å². The zero-order valence-corrected chi connectivity index (χ0v) is 29.0. The van der Waals surface area contributed by atoms with Gasteiger partial charge in [0.05, 0.1) is 60.2 Å². The van der Waals surface area contributed by atoms with Gasteiger partial charge in [-0.05, 0) is 49.7 Å². The van der Waals surface area contributed by atoms with Crippen molar-refractivity contribution in [2.75, 3.05) is 46.5 Å². The standard InChI is InChI=1S/C36H41ClN2O10/c1-6-48-33(42)12-7-9-24(40)20-38-32(41)19-31-36(43)39(21-22-13-15-25(44-2)18-30(22)46-4)28-16-14-23(37)17-27(28)34(49-31)26-10-8-11-29(45-3)35(26)47-5/h8,10-11,13-18,31,34H,6-7,9,12,19-21H2,1-5H3,(H,38,41). The molecule has 2 amide bonds. The van der Waals surface area contributed by atoms with E-state index < -0.39 is 30.4 Å². The van der Waals surface area contributed by atoms with Gasteiger partial charge in [0, 0.05) is 40.6 Å². The number of carbonyl (C=O) groups is 4. The van der Waals surface area contributed by atoms with Crippen molar-refractivity contribution < 1.29 is 47.6 Å². The molecule has 262 valence electrons. The molecule has 3 aromatic rings. The highest BCUT2D eigenvalue weighted by molar-refractivity contribution is 6.30. The van der Waals surface area contributed by atoms with Crippen LogP contribution in [0.1, 0.15) is 55.4 Å². The van der Waals surface area contributed by atoms with Crippen molar-refractivity contribution in [3.8, 4) is 23.0 Å². The van der Waals surface area contributed by atoms with Crippen molar-refractivity contribution in [2.24, 2.45) is 0 Å². The highest BCUT2D eigenvalue weighted by Crippen LogP contribution is 2.45. The molecule has 1 N–H and O–H groups in total. The van der Waals surface area contributed by atoms with E-state index in [1.807, 2.05) is 0 Å². The van der Waals surface area contributed by atoms with Crippen LogP contribution in [0.2, 0.25) is 5.02 Å². The van der Waals surface area contributed by atoms with E-state index in [0.29, 0.717) is 56.8 Å². The SMILES string of the molecule is CCOC(=O)CCCC(=O)CNC(=O)CC1OC(c2cccc(OC)c2OC)c2cc(Cl)ccc2N(Cc2ccc(OC)cc2OC)C1=O. The van der Waals surface area contributed by atoms with Gasteiger partial charge in [-0.3, -0.25) is 19.2 Å². The Morgan fingerprint density at radius 1 is 0.898 bits per heavy atom. The Bertz CT molecular complexity index is 1660. The summed E-state index contributed by atoms with van der Waals surface area (Å²) in [6, 6.07) is 15.7. The fourth-order valence-corrected chi connectivity index (χ4v) is 5.75. The number of hydrogen-bond acceptors (Lipinski definition) is 10. The van der Waals surface area contributed by atoms with E-state index in [1.54, 1.807) is 68.6 Å². The monoisotopic (exact) mass is 696 g/mol. The first kappa shape index (κ1) is 37.0. The second-order valence-electron chi connectivity index (χ2n) is 11.1. The number of amides is 2. The smallest absolute Gasteiger partial charge is 0.305 e. The summed E-state index contributed by atoms with van der Waals surface area (Å²) in [7, 11) is 6.08. The van der Waals surface area contributed by atoms with Crippen LogP contribution in [-0.4, -0.2) is 71.3 Å². The first-order valence-electron chi connectivity index (χ1n) is 15.8. The fraction of sp³-hybridized carbons (Fsp3) is 0.389. The van der Waals surface area contributed by atoms with Crippen LogP contribution in [0.5, 0.6) is 23.0 Å². The van der Waals surface area contributed by atoms with E-state index in [2.05, 4.69) is 5.32 Å². The molecule has 0 aromatic heterocycles. The van der Waals surface area contributed by atoms with E-state index in [4.69, 9.17) is 40.0 Å². The minimum Gasteiger partial charge on any atom is -0.497 e. The van der Waals surface area contributed by atoms with Crippen molar-refractivity contribution in [2.45, 2.75) is 51.4 Å². The van der Waals surface area contributed by atoms with E-state index in [1.165, 1.54) is 26.2 Å². The summed E-state index contributed by atoms with van der Waals surface area (Å²) < 4.78 is 33.7. The second-order valence-corrected chi connectivity index (χ2v) is 11.5.